The van der Waals surface area contributed by atoms with E-state index in [4.69, 9.17) is 9.84 Å². The number of carboxylic acids is 1. The normalized spacial score (nSPS) is 17.4. The standard InChI is InChI=1S/C16H24N2O4S/c1-11(22-12-6-4-2-3-5-7-12)15(19)17-9-8-14-18-13(10-23-14)16(20)21/h10-12H,2-9H2,1H3,(H,17,19)(H,20,21). The molecular formula is C16H24N2O4S. The van der Waals surface area contributed by atoms with E-state index in [9.17, 15) is 9.59 Å². The first kappa shape index (κ1) is 17.9. The van der Waals surface area contributed by atoms with E-state index >= 15 is 0 Å². The van der Waals surface area contributed by atoms with E-state index in [1.165, 1.54) is 42.4 Å². The molecule has 6 nitrogen and oxygen atoms in total. The zero-order chi connectivity index (χ0) is 16.7. The molecule has 1 aliphatic carbocycles. The Balaban J connectivity index is 1.69. The molecule has 1 saturated carbocycles. The number of hydrogen-bond donors (Lipinski definition) is 2. The molecule has 0 saturated heterocycles. The number of ether oxygens (including phenoxy) is 1. The Morgan fingerprint density at radius 2 is 2.09 bits per heavy atom. The lowest BCUT2D eigenvalue weighted by Crippen LogP contribution is -2.37. The van der Waals surface area contributed by atoms with Crippen LogP contribution in [0.3, 0.4) is 0 Å². The van der Waals surface area contributed by atoms with Gasteiger partial charge in [-0.15, -0.1) is 11.3 Å². The molecule has 7 heteroatoms. The van der Waals surface area contributed by atoms with Crippen LogP contribution in [-0.2, 0) is 16.0 Å². The summed E-state index contributed by atoms with van der Waals surface area (Å²) in [6.07, 6.45) is 7.20. The van der Waals surface area contributed by atoms with Crippen LogP contribution in [0.25, 0.3) is 0 Å². The largest absolute Gasteiger partial charge is 0.476 e. The fourth-order valence-electron chi connectivity index (χ4n) is 2.69. The summed E-state index contributed by atoms with van der Waals surface area (Å²) in [5.41, 5.74) is 0.0568. The van der Waals surface area contributed by atoms with Gasteiger partial charge in [0, 0.05) is 18.3 Å². The van der Waals surface area contributed by atoms with Gasteiger partial charge in [0.1, 0.15) is 6.10 Å². The molecule has 0 aromatic carbocycles. The Hall–Kier alpha value is -1.47. The van der Waals surface area contributed by atoms with Crippen LogP contribution in [0.1, 0.15) is 60.9 Å². The molecule has 1 unspecified atom stereocenters. The van der Waals surface area contributed by atoms with Crippen LogP contribution < -0.4 is 5.32 Å². The van der Waals surface area contributed by atoms with Crippen molar-refractivity contribution in [3.05, 3.63) is 16.1 Å². The first-order valence-corrected chi connectivity index (χ1v) is 9.05. The van der Waals surface area contributed by atoms with Crippen molar-refractivity contribution in [1.29, 1.82) is 0 Å². The minimum Gasteiger partial charge on any atom is -0.476 e. The number of carboxylic acid groups (broad SMARTS) is 1. The van der Waals surface area contributed by atoms with E-state index < -0.39 is 12.1 Å². The SMILES string of the molecule is CC(OC1CCCCCC1)C(=O)NCCc1nc(C(=O)O)cs1. The molecule has 2 N–H and O–H groups in total. The molecule has 0 radical (unpaired) electrons. The number of nitrogens with one attached hydrogen (secondary N) is 1. The highest BCUT2D eigenvalue weighted by atomic mass is 32.1. The van der Waals surface area contributed by atoms with Gasteiger partial charge in [-0.2, -0.15) is 0 Å². The maximum atomic E-state index is 12.1. The number of thiazole rings is 1. The molecule has 2 rings (SSSR count). The van der Waals surface area contributed by atoms with Gasteiger partial charge in [-0.3, -0.25) is 4.79 Å². The van der Waals surface area contributed by atoms with E-state index in [1.807, 2.05) is 0 Å². The highest BCUT2D eigenvalue weighted by molar-refractivity contribution is 7.09. The van der Waals surface area contributed by atoms with Crippen molar-refractivity contribution < 1.29 is 19.4 Å². The molecule has 128 valence electrons. The number of hydrogen-bond acceptors (Lipinski definition) is 5. The molecule has 1 amide bonds. The summed E-state index contributed by atoms with van der Waals surface area (Å²) < 4.78 is 5.87. The van der Waals surface area contributed by atoms with Crippen molar-refractivity contribution in [3.8, 4) is 0 Å². The van der Waals surface area contributed by atoms with Gasteiger partial charge in [0.25, 0.3) is 0 Å². The molecule has 0 spiro atoms. The summed E-state index contributed by atoms with van der Waals surface area (Å²) >= 11 is 1.29. The Morgan fingerprint density at radius 3 is 2.70 bits per heavy atom. The molecule has 1 atom stereocenters. The van der Waals surface area contributed by atoms with Crippen molar-refractivity contribution in [2.24, 2.45) is 0 Å². The van der Waals surface area contributed by atoms with Gasteiger partial charge >= 0.3 is 5.97 Å². The van der Waals surface area contributed by atoms with Crippen molar-refractivity contribution in [2.75, 3.05) is 6.54 Å². The smallest absolute Gasteiger partial charge is 0.355 e. The van der Waals surface area contributed by atoms with E-state index in [2.05, 4.69) is 10.3 Å². The highest BCUT2D eigenvalue weighted by Gasteiger charge is 2.20. The minimum absolute atomic E-state index is 0.0568. The molecular weight excluding hydrogens is 316 g/mol. The summed E-state index contributed by atoms with van der Waals surface area (Å²) in [7, 11) is 0. The number of nitrogens with zero attached hydrogens (tertiary/aromatic N) is 1. The first-order valence-electron chi connectivity index (χ1n) is 8.17. The number of aromatic carboxylic acids is 1. The molecule has 1 heterocycles. The van der Waals surface area contributed by atoms with Gasteiger partial charge in [0.15, 0.2) is 5.69 Å². The molecule has 1 fully saturated rings. The molecule has 1 aromatic heterocycles. The lowest BCUT2D eigenvalue weighted by molar-refractivity contribution is -0.135. The first-order chi connectivity index (χ1) is 11.1. The molecule has 1 aromatic rings. The second-order valence-corrected chi connectivity index (χ2v) is 6.81. The summed E-state index contributed by atoms with van der Waals surface area (Å²) in [5, 5.41) is 13.9. The maximum absolute atomic E-state index is 12.1. The Labute approximate surface area is 140 Å². The van der Waals surface area contributed by atoms with E-state index in [-0.39, 0.29) is 17.7 Å². The topological polar surface area (TPSA) is 88.5 Å². The van der Waals surface area contributed by atoms with E-state index in [0.29, 0.717) is 18.0 Å². The second kappa shape index (κ2) is 8.98. The number of carbonyl (C=O) groups is 2. The Morgan fingerprint density at radius 1 is 1.39 bits per heavy atom. The molecule has 23 heavy (non-hydrogen) atoms. The van der Waals surface area contributed by atoms with Crippen LogP contribution in [0, 0.1) is 0 Å². The summed E-state index contributed by atoms with van der Waals surface area (Å²) in [4.78, 5) is 26.8. The van der Waals surface area contributed by atoms with Crippen molar-refractivity contribution in [2.45, 2.75) is 64.1 Å². The maximum Gasteiger partial charge on any atom is 0.355 e. The van der Waals surface area contributed by atoms with Crippen LogP contribution in [0.5, 0.6) is 0 Å². The lowest BCUT2D eigenvalue weighted by atomic mass is 10.1. The summed E-state index contributed by atoms with van der Waals surface area (Å²) in [6, 6.07) is 0. The number of rotatable bonds is 7. The van der Waals surface area contributed by atoms with Gasteiger partial charge in [0.2, 0.25) is 5.91 Å². The van der Waals surface area contributed by atoms with Crippen LogP contribution in [0.2, 0.25) is 0 Å². The van der Waals surface area contributed by atoms with Gasteiger partial charge in [-0.1, -0.05) is 25.7 Å². The van der Waals surface area contributed by atoms with Crippen LogP contribution in [-0.4, -0.2) is 40.7 Å². The zero-order valence-corrected chi connectivity index (χ0v) is 14.2. The van der Waals surface area contributed by atoms with Gasteiger partial charge in [-0.05, 0) is 19.8 Å². The minimum atomic E-state index is -1.03. The quantitative estimate of drug-likeness (QED) is 0.745. The third-order valence-electron chi connectivity index (χ3n) is 3.98. The Bertz CT molecular complexity index is 524. The average Bonchev–Trinajstić information content (AvgIpc) is 2.85. The van der Waals surface area contributed by atoms with Crippen molar-refractivity contribution in [1.82, 2.24) is 10.3 Å². The predicted molar refractivity (Wildman–Crippen MR) is 87.8 cm³/mol. The second-order valence-electron chi connectivity index (χ2n) is 5.86. The highest BCUT2D eigenvalue weighted by Crippen LogP contribution is 2.20. The monoisotopic (exact) mass is 340 g/mol. The molecule has 1 aliphatic rings. The molecule has 0 bridgehead atoms. The summed E-state index contributed by atoms with van der Waals surface area (Å²) in [5.74, 6) is -1.15. The number of aromatic nitrogens is 1. The lowest BCUT2D eigenvalue weighted by Gasteiger charge is -2.20. The van der Waals surface area contributed by atoms with Crippen LogP contribution >= 0.6 is 11.3 Å². The Kier molecular flexibility index (Phi) is 6.98. The number of amides is 1. The third-order valence-corrected chi connectivity index (χ3v) is 4.89. The summed E-state index contributed by atoms with van der Waals surface area (Å²) in [6.45, 7) is 2.22. The van der Waals surface area contributed by atoms with Gasteiger partial charge in [-0.25, -0.2) is 9.78 Å². The van der Waals surface area contributed by atoms with Crippen LogP contribution in [0.4, 0.5) is 0 Å². The van der Waals surface area contributed by atoms with Crippen molar-refractivity contribution in [3.63, 3.8) is 0 Å². The van der Waals surface area contributed by atoms with E-state index in [1.54, 1.807) is 6.92 Å². The predicted octanol–water partition coefficient (Wildman–Crippen LogP) is 2.63. The fraction of sp³-hybridized carbons (Fsp3) is 0.688. The number of carbonyl (C=O) groups excluding carboxylic acids is 1. The van der Waals surface area contributed by atoms with E-state index in [0.717, 1.165) is 12.8 Å². The van der Waals surface area contributed by atoms with Gasteiger partial charge < -0.3 is 15.2 Å². The molecule has 0 aliphatic heterocycles. The third kappa shape index (κ3) is 5.91. The van der Waals surface area contributed by atoms with Crippen molar-refractivity contribution >= 4 is 23.2 Å². The average molecular weight is 340 g/mol. The van der Waals surface area contributed by atoms with Gasteiger partial charge in [0.05, 0.1) is 11.1 Å². The fourth-order valence-corrected chi connectivity index (χ4v) is 3.46. The van der Waals surface area contributed by atoms with Crippen LogP contribution in [0.15, 0.2) is 5.38 Å². The zero-order valence-electron chi connectivity index (χ0n) is 13.4.